The molecule has 3 fully saturated rings. The van der Waals surface area contributed by atoms with E-state index in [1.54, 1.807) is 91.0 Å². The minimum Gasteiger partial charge on any atom is -0.452 e. The molecule has 0 spiro atoms. The fourth-order valence-corrected chi connectivity index (χ4v) is 8.45. The van der Waals surface area contributed by atoms with Crippen molar-refractivity contribution in [3.63, 3.8) is 0 Å². The van der Waals surface area contributed by atoms with Gasteiger partial charge in [-0.15, -0.1) is 0 Å². The number of methoxy groups -OCH3 is 1. The Hall–Kier alpha value is -6.59. The molecule has 14 nitrogen and oxygen atoms in total. The van der Waals surface area contributed by atoms with Crippen LogP contribution in [0.4, 0.5) is 0 Å². The molecular weight excluding hydrogens is 885 g/mol. The van der Waals surface area contributed by atoms with Gasteiger partial charge in [0, 0.05) is 12.7 Å². The molecule has 0 bridgehead atoms. The predicted octanol–water partition coefficient (Wildman–Crippen LogP) is 8.06. The van der Waals surface area contributed by atoms with Crippen LogP contribution in [-0.2, 0) is 65.3 Å². The van der Waals surface area contributed by atoms with E-state index in [0.717, 1.165) is 16.7 Å². The summed E-state index contributed by atoms with van der Waals surface area (Å²) in [6, 6.07) is 53.9. The first-order valence-electron chi connectivity index (χ1n) is 22.8. The number of fused-ring (bicyclic) bond motifs is 1. The maximum atomic E-state index is 14.1. The molecule has 3 aliphatic rings. The number of hydrogen-bond donors (Lipinski definition) is 0. The Balaban J connectivity index is 1.05. The molecule has 3 aliphatic heterocycles. The van der Waals surface area contributed by atoms with Crippen LogP contribution in [0.1, 0.15) is 54.1 Å². The summed E-state index contributed by atoms with van der Waals surface area (Å²) < 4.78 is 70.9. The first-order valence-corrected chi connectivity index (χ1v) is 22.8. The lowest BCUT2D eigenvalue weighted by molar-refractivity contribution is -0.377. The summed E-state index contributed by atoms with van der Waals surface area (Å²) >= 11 is 0. The molecule has 0 N–H and O–H groups in total. The van der Waals surface area contributed by atoms with Gasteiger partial charge in [-0.3, -0.25) is 0 Å². The van der Waals surface area contributed by atoms with Gasteiger partial charge in [0.1, 0.15) is 30.5 Å². The number of hydrogen-bond acceptors (Lipinski definition) is 14. The van der Waals surface area contributed by atoms with E-state index in [0.29, 0.717) is 0 Å². The van der Waals surface area contributed by atoms with Crippen molar-refractivity contribution in [3.8, 4) is 0 Å². The highest BCUT2D eigenvalue weighted by atomic mass is 16.8. The first kappa shape index (κ1) is 47.5. The van der Waals surface area contributed by atoms with E-state index in [2.05, 4.69) is 0 Å². The van der Waals surface area contributed by atoms with Crippen LogP contribution >= 0.6 is 0 Å². The van der Waals surface area contributed by atoms with Crippen LogP contribution in [-0.4, -0.2) is 99.6 Å². The van der Waals surface area contributed by atoms with E-state index >= 15 is 0 Å². The van der Waals surface area contributed by atoms with Gasteiger partial charge in [0.05, 0.1) is 43.1 Å². The van der Waals surface area contributed by atoms with Crippen molar-refractivity contribution in [2.45, 2.75) is 80.9 Å². The average Bonchev–Trinajstić information content (AvgIpc) is 3.41. The third kappa shape index (κ3) is 11.8. The second-order valence-corrected chi connectivity index (χ2v) is 16.6. The smallest absolute Gasteiger partial charge is 0.338 e. The zero-order valence-corrected chi connectivity index (χ0v) is 37.7. The summed E-state index contributed by atoms with van der Waals surface area (Å²) in [6.45, 7) is 0.141. The van der Waals surface area contributed by atoms with Crippen LogP contribution in [0.25, 0.3) is 0 Å². The minimum atomic E-state index is -1.50. The van der Waals surface area contributed by atoms with Crippen molar-refractivity contribution >= 4 is 17.9 Å². The molecule has 3 heterocycles. The molecular formula is C55H52O14. The summed E-state index contributed by atoms with van der Waals surface area (Å²) in [5.41, 5.74) is 3.26. The molecule has 0 amide bonds. The van der Waals surface area contributed by atoms with Gasteiger partial charge in [-0.25, -0.2) is 14.4 Å². The standard InChI is InChI=1S/C55H52O14/c1-59-54-49(68-52(58)40-28-16-6-17-29-40)47(67-51(57)39-26-14-5-15-27-39)45(66-50(56)38-24-12-4-13-25-38)43(64-54)35-63-55-48(61-33-37-22-10-3-11-23-37)46(60-32-36-20-8-2-9-21-36)44-42(65-55)34-62-53(69-44)41-30-18-7-19-31-41/h2-31,42-49,53-55H,32-35H2,1H3/t42-,43-,44-,45-,46+,47+,48-,49-,53?,54+,55+/m1/s1. The number of esters is 3. The van der Waals surface area contributed by atoms with Gasteiger partial charge in [0.15, 0.2) is 37.2 Å². The fourth-order valence-electron chi connectivity index (χ4n) is 8.45. The summed E-state index contributed by atoms with van der Waals surface area (Å²) in [7, 11) is 1.36. The molecule has 0 radical (unpaired) electrons. The van der Waals surface area contributed by atoms with Crippen LogP contribution in [0, 0.1) is 0 Å². The zero-order valence-electron chi connectivity index (χ0n) is 37.7. The summed E-state index contributed by atoms with van der Waals surface area (Å²) in [5, 5.41) is 0. The fraction of sp³-hybridized carbons (Fsp3) is 0.291. The topological polar surface area (TPSA) is 153 Å². The SMILES string of the molecule is CO[C@H]1O[C@H](CO[C@H]2O[C@@H]3COC(c4ccccc4)O[C@H]3[C@H](OCc3ccccc3)[C@H]2OCc2ccccc2)[C@@H](OC(=O)c2ccccc2)[C@H](OC(=O)c2ccccc2)[C@H]1OC(=O)c1ccccc1. The number of carbonyl (C=O) groups is 3. The molecule has 14 heteroatoms. The summed E-state index contributed by atoms with van der Waals surface area (Å²) in [4.78, 5) is 41.8. The van der Waals surface area contributed by atoms with E-state index in [1.165, 1.54) is 7.11 Å². The maximum absolute atomic E-state index is 14.1. The largest absolute Gasteiger partial charge is 0.452 e. The van der Waals surface area contributed by atoms with Crippen LogP contribution in [0.5, 0.6) is 0 Å². The average molecular weight is 937 g/mol. The number of benzene rings is 6. The Morgan fingerprint density at radius 3 is 1.42 bits per heavy atom. The van der Waals surface area contributed by atoms with Crippen LogP contribution in [0.15, 0.2) is 182 Å². The second-order valence-electron chi connectivity index (χ2n) is 16.6. The lowest BCUT2D eigenvalue weighted by Crippen LogP contribution is -2.65. The van der Waals surface area contributed by atoms with Crippen LogP contribution < -0.4 is 0 Å². The van der Waals surface area contributed by atoms with E-state index in [9.17, 15) is 14.4 Å². The van der Waals surface area contributed by atoms with E-state index < -0.39 is 85.6 Å². The van der Waals surface area contributed by atoms with Gasteiger partial charge in [-0.05, 0) is 47.5 Å². The molecule has 11 atom stereocenters. The Morgan fingerprint density at radius 2 is 0.913 bits per heavy atom. The van der Waals surface area contributed by atoms with E-state index in [4.69, 9.17) is 52.1 Å². The van der Waals surface area contributed by atoms with Gasteiger partial charge in [-0.1, -0.05) is 146 Å². The Kier molecular flexibility index (Phi) is 15.9. The van der Waals surface area contributed by atoms with Gasteiger partial charge >= 0.3 is 17.9 Å². The van der Waals surface area contributed by atoms with E-state index in [1.807, 2.05) is 91.0 Å². The molecule has 6 aromatic carbocycles. The second kappa shape index (κ2) is 23.1. The lowest BCUT2D eigenvalue weighted by Gasteiger charge is -2.49. The zero-order chi connectivity index (χ0) is 47.4. The number of ether oxygens (including phenoxy) is 11. The van der Waals surface area contributed by atoms with E-state index in [-0.39, 0.29) is 43.1 Å². The molecule has 69 heavy (non-hydrogen) atoms. The van der Waals surface area contributed by atoms with Crippen molar-refractivity contribution in [3.05, 3.63) is 215 Å². The van der Waals surface area contributed by atoms with Crippen molar-refractivity contribution in [1.29, 1.82) is 0 Å². The molecule has 0 aromatic heterocycles. The monoisotopic (exact) mass is 936 g/mol. The van der Waals surface area contributed by atoms with Gasteiger partial charge in [0.2, 0.25) is 0 Å². The lowest BCUT2D eigenvalue weighted by atomic mass is 9.96. The van der Waals surface area contributed by atoms with Crippen LogP contribution in [0.2, 0.25) is 0 Å². The Morgan fingerprint density at radius 1 is 0.464 bits per heavy atom. The molecule has 9 rings (SSSR count). The summed E-state index contributed by atoms with van der Waals surface area (Å²) in [5.74, 6) is -2.30. The van der Waals surface area contributed by atoms with Crippen molar-refractivity contribution in [2.24, 2.45) is 0 Å². The molecule has 0 aliphatic carbocycles. The quantitative estimate of drug-likeness (QED) is 0.0640. The molecule has 1 unspecified atom stereocenters. The predicted molar refractivity (Wildman–Crippen MR) is 247 cm³/mol. The van der Waals surface area contributed by atoms with Crippen molar-refractivity contribution in [2.75, 3.05) is 20.3 Å². The highest BCUT2D eigenvalue weighted by Crippen LogP contribution is 2.38. The summed E-state index contributed by atoms with van der Waals surface area (Å²) in [6.07, 6.45) is -11.9. The first-order chi connectivity index (χ1) is 33.9. The highest BCUT2D eigenvalue weighted by molar-refractivity contribution is 5.91. The Labute approximate surface area is 399 Å². The van der Waals surface area contributed by atoms with Crippen molar-refractivity contribution < 1.29 is 66.5 Å². The van der Waals surface area contributed by atoms with Crippen molar-refractivity contribution in [1.82, 2.24) is 0 Å². The molecule has 6 aromatic rings. The number of rotatable bonds is 17. The Bertz CT molecular complexity index is 2540. The van der Waals surface area contributed by atoms with Gasteiger partial charge < -0.3 is 52.1 Å². The third-order valence-corrected chi connectivity index (χ3v) is 11.9. The highest BCUT2D eigenvalue weighted by Gasteiger charge is 2.55. The van der Waals surface area contributed by atoms with Crippen LogP contribution in [0.3, 0.4) is 0 Å². The minimum absolute atomic E-state index is 0.121. The third-order valence-electron chi connectivity index (χ3n) is 11.9. The van der Waals surface area contributed by atoms with Gasteiger partial charge in [0.25, 0.3) is 0 Å². The molecule has 356 valence electrons. The van der Waals surface area contributed by atoms with Gasteiger partial charge in [-0.2, -0.15) is 0 Å². The number of carbonyl (C=O) groups excluding carboxylic acids is 3. The normalized spacial score (nSPS) is 26.5. The maximum Gasteiger partial charge on any atom is 0.338 e. The molecule has 0 saturated carbocycles. The molecule has 3 saturated heterocycles.